The zero-order valence-electron chi connectivity index (χ0n) is 19.1. The van der Waals surface area contributed by atoms with E-state index in [1.807, 2.05) is 6.08 Å². The third kappa shape index (κ3) is 8.10. The Morgan fingerprint density at radius 2 is 1.24 bits per heavy atom. The van der Waals surface area contributed by atoms with Gasteiger partial charge in [-0.15, -0.1) is 6.58 Å². The van der Waals surface area contributed by atoms with Crippen molar-refractivity contribution in [3.63, 3.8) is 0 Å². The zero-order valence-corrected chi connectivity index (χ0v) is 21.1. The molecule has 25 heavy (non-hydrogen) atoms. The monoisotopic (exact) mass is 386 g/mol. The Kier molecular flexibility index (Phi) is 9.37. The Balaban J connectivity index is 5.24. The summed E-state index contributed by atoms with van der Waals surface area (Å²) in [5.41, 5.74) is 0. The van der Waals surface area contributed by atoms with E-state index in [-0.39, 0.29) is 16.2 Å². The SMILES string of the molecule is C=CC[C@H](C[C@@H](CCC)O[Si](C)(C)C(C)(C)C)O[Si](C)(C)C(C)(C)C. The van der Waals surface area contributed by atoms with Gasteiger partial charge in [-0.05, 0) is 55.5 Å². The van der Waals surface area contributed by atoms with E-state index in [0.29, 0.717) is 6.10 Å². The highest BCUT2D eigenvalue weighted by atomic mass is 28.4. The quantitative estimate of drug-likeness (QED) is 0.285. The number of hydrogen-bond acceptors (Lipinski definition) is 2. The van der Waals surface area contributed by atoms with Gasteiger partial charge in [0, 0.05) is 6.10 Å². The Morgan fingerprint density at radius 1 is 0.840 bits per heavy atom. The predicted octanol–water partition coefficient (Wildman–Crippen LogP) is 7.53. The molecule has 0 aliphatic heterocycles. The lowest BCUT2D eigenvalue weighted by molar-refractivity contribution is 0.0880. The van der Waals surface area contributed by atoms with Gasteiger partial charge in [0.2, 0.25) is 0 Å². The molecular weight excluding hydrogens is 340 g/mol. The molecule has 0 amide bonds. The Bertz CT molecular complexity index is 403. The Labute approximate surface area is 161 Å². The van der Waals surface area contributed by atoms with Crippen molar-refractivity contribution >= 4 is 16.6 Å². The molecule has 0 radical (unpaired) electrons. The minimum absolute atomic E-state index is 0.222. The van der Waals surface area contributed by atoms with Crippen molar-refractivity contribution < 1.29 is 8.85 Å². The molecule has 4 heteroatoms. The molecule has 150 valence electrons. The first-order chi connectivity index (χ1) is 11.1. The minimum atomic E-state index is -1.78. The van der Waals surface area contributed by atoms with E-state index < -0.39 is 16.6 Å². The van der Waals surface area contributed by atoms with Crippen LogP contribution in [0.4, 0.5) is 0 Å². The smallest absolute Gasteiger partial charge is 0.192 e. The molecule has 0 saturated carbocycles. The predicted molar refractivity (Wildman–Crippen MR) is 118 cm³/mol. The molecule has 0 bridgehead atoms. The lowest BCUT2D eigenvalue weighted by Crippen LogP contribution is -2.47. The van der Waals surface area contributed by atoms with Crippen LogP contribution in [-0.2, 0) is 8.85 Å². The van der Waals surface area contributed by atoms with Crippen molar-refractivity contribution in [2.24, 2.45) is 0 Å². The van der Waals surface area contributed by atoms with Crippen LogP contribution in [0, 0.1) is 0 Å². The van der Waals surface area contributed by atoms with Gasteiger partial charge in [-0.1, -0.05) is 61.0 Å². The first kappa shape index (κ1) is 25.1. The van der Waals surface area contributed by atoms with Crippen LogP contribution in [0.5, 0.6) is 0 Å². The highest BCUT2D eigenvalue weighted by Gasteiger charge is 2.41. The molecule has 0 N–H and O–H groups in total. The molecule has 2 nitrogen and oxygen atoms in total. The summed E-state index contributed by atoms with van der Waals surface area (Å²) in [7, 11) is -3.54. The summed E-state index contributed by atoms with van der Waals surface area (Å²) >= 11 is 0. The van der Waals surface area contributed by atoms with Crippen LogP contribution in [0.25, 0.3) is 0 Å². The van der Waals surface area contributed by atoms with Crippen LogP contribution in [0.2, 0.25) is 36.3 Å². The van der Waals surface area contributed by atoms with E-state index in [1.54, 1.807) is 0 Å². The van der Waals surface area contributed by atoms with E-state index >= 15 is 0 Å². The van der Waals surface area contributed by atoms with Gasteiger partial charge in [-0.25, -0.2) is 0 Å². The van der Waals surface area contributed by atoms with Gasteiger partial charge in [-0.3, -0.25) is 0 Å². The number of hydrogen-bond donors (Lipinski definition) is 0. The van der Waals surface area contributed by atoms with Gasteiger partial charge >= 0.3 is 0 Å². The molecule has 0 spiro atoms. The summed E-state index contributed by atoms with van der Waals surface area (Å²) < 4.78 is 13.5. The van der Waals surface area contributed by atoms with E-state index in [2.05, 4.69) is 81.2 Å². The average Bonchev–Trinajstić information content (AvgIpc) is 2.35. The van der Waals surface area contributed by atoms with Crippen LogP contribution < -0.4 is 0 Å². The first-order valence-electron chi connectivity index (χ1n) is 10.0. The van der Waals surface area contributed by atoms with Gasteiger partial charge in [0.05, 0.1) is 6.10 Å². The second-order valence-corrected chi connectivity index (χ2v) is 20.1. The van der Waals surface area contributed by atoms with Gasteiger partial charge in [-0.2, -0.15) is 0 Å². The van der Waals surface area contributed by atoms with Crippen LogP contribution >= 0.6 is 0 Å². The fourth-order valence-corrected chi connectivity index (χ4v) is 5.19. The lowest BCUT2D eigenvalue weighted by Gasteiger charge is -2.42. The van der Waals surface area contributed by atoms with Crippen molar-refractivity contribution in [1.29, 1.82) is 0 Å². The summed E-state index contributed by atoms with van der Waals surface area (Å²) in [5, 5.41) is 0.472. The molecule has 0 aromatic heterocycles. The summed E-state index contributed by atoms with van der Waals surface area (Å²) in [4.78, 5) is 0. The highest BCUT2D eigenvalue weighted by molar-refractivity contribution is 6.74. The van der Waals surface area contributed by atoms with Crippen molar-refractivity contribution in [1.82, 2.24) is 0 Å². The largest absolute Gasteiger partial charge is 0.414 e. The van der Waals surface area contributed by atoms with Crippen molar-refractivity contribution in [3.05, 3.63) is 12.7 Å². The lowest BCUT2D eigenvalue weighted by atomic mass is 10.1. The fraction of sp³-hybridized carbons (Fsp3) is 0.905. The zero-order chi connectivity index (χ0) is 20.1. The molecular formula is C21H46O2Si2. The Morgan fingerprint density at radius 3 is 1.56 bits per heavy atom. The van der Waals surface area contributed by atoms with Crippen molar-refractivity contribution in [2.75, 3.05) is 0 Å². The van der Waals surface area contributed by atoms with Crippen LogP contribution in [0.1, 0.15) is 74.1 Å². The average molecular weight is 387 g/mol. The molecule has 0 rings (SSSR count). The molecule has 0 unspecified atom stereocenters. The van der Waals surface area contributed by atoms with Crippen LogP contribution in [0.3, 0.4) is 0 Å². The Hall–Kier alpha value is 0.0938. The summed E-state index contributed by atoms with van der Waals surface area (Å²) in [6.45, 7) is 29.5. The van der Waals surface area contributed by atoms with Gasteiger partial charge < -0.3 is 8.85 Å². The van der Waals surface area contributed by atoms with Crippen LogP contribution in [-0.4, -0.2) is 28.8 Å². The molecule has 0 aromatic rings. The second-order valence-electron chi connectivity index (χ2n) is 10.5. The normalized spacial score (nSPS) is 16.6. The van der Waals surface area contributed by atoms with E-state index in [4.69, 9.17) is 8.85 Å². The minimum Gasteiger partial charge on any atom is -0.414 e. The van der Waals surface area contributed by atoms with Crippen molar-refractivity contribution in [2.45, 2.75) is 123 Å². The summed E-state index contributed by atoms with van der Waals surface area (Å²) in [5.74, 6) is 0. The van der Waals surface area contributed by atoms with E-state index in [9.17, 15) is 0 Å². The maximum absolute atomic E-state index is 6.76. The summed E-state index contributed by atoms with van der Waals surface area (Å²) in [6, 6.07) is 0. The molecule has 0 aliphatic rings. The molecule has 0 aliphatic carbocycles. The fourth-order valence-electron chi connectivity index (χ4n) is 2.41. The second kappa shape index (κ2) is 9.34. The van der Waals surface area contributed by atoms with E-state index in [0.717, 1.165) is 25.7 Å². The maximum Gasteiger partial charge on any atom is 0.192 e. The third-order valence-electron chi connectivity index (χ3n) is 6.10. The standard InChI is InChI=1S/C21H46O2Si2/c1-13-15-18(22-24(9,10)20(3,4)5)17-19(16-14-2)23-25(11,12)21(6,7)8/h13,18-19H,1,14-17H2,2-12H3/t18-,19-/m1/s1. The molecule has 2 atom stereocenters. The van der Waals surface area contributed by atoms with Gasteiger partial charge in [0.15, 0.2) is 16.6 Å². The summed E-state index contributed by atoms with van der Waals surface area (Å²) in [6.07, 6.45) is 6.68. The molecule has 0 heterocycles. The van der Waals surface area contributed by atoms with E-state index in [1.165, 1.54) is 0 Å². The topological polar surface area (TPSA) is 18.5 Å². The van der Waals surface area contributed by atoms with Gasteiger partial charge in [0.25, 0.3) is 0 Å². The highest BCUT2D eigenvalue weighted by Crippen LogP contribution is 2.40. The third-order valence-corrected chi connectivity index (χ3v) is 15.2. The van der Waals surface area contributed by atoms with Gasteiger partial charge in [0.1, 0.15) is 0 Å². The molecule has 0 fully saturated rings. The molecule has 0 saturated heterocycles. The van der Waals surface area contributed by atoms with Crippen LogP contribution in [0.15, 0.2) is 12.7 Å². The number of rotatable bonds is 10. The first-order valence-corrected chi connectivity index (χ1v) is 15.9. The maximum atomic E-state index is 6.76. The van der Waals surface area contributed by atoms with Crippen molar-refractivity contribution in [3.8, 4) is 0 Å². The molecule has 0 aromatic carbocycles.